The van der Waals surface area contributed by atoms with Crippen LogP contribution in [0.4, 0.5) is 4.39 Å². The fraction of sp³-hybridized carbons (Fsp3) is 0.667. The Hall–Kier alpha value is -0.520. The maximum Gasteiger partial charge on any atom is 0.314 e. The number of hydrogen-bond acceptors (Lipinski definition) is 2. The molecule has 26 heavy (non-hydrogen) atoms. The number of rotatable bonds is 3. The van der Waals surface area contributed by atoms with E-state index >= 15 is 0 Å². The van der Waals surface area contributed by atoms with Gasteiger partial charge in [0, 0.05) is 11.4 Å². The van der Waals surface area contributed by atoms with Gasteiger partial charge in [-0.05, 0) is 61.2 Å². The smallest absolute Gasteiger partial charge is 0.314 e. The number of benzene rings is 1. The zero-order chi connectivity index (χ0) is 18.7. The lowest BCUT2D eigenvalue weighted by Gasteiger charge is -2.32. The molecule has 0 radical (unpaired) electrons. The quantitative estimate of drug-likeness (QED) is 0.319. The minimum atomic E-state index is -0.364. The second-order valence-corrected chi connectivity index (χ2v) is 9.51. The van der Waals surface area contributed by atoms with Crippen molar-refractivity contribution < 1.29 is 13.9 Å². The van der Waals surface area contributed by atoms with Crippen LogP contribution >= 0.6 is 18.5 Å². The maximum absolute atomic E-state index is 13.8. The lowest BCUT2D eigenvalue weighted by atomic mass is 9.73. The van der Waals surface area contributed by atoms with Crippen LogP contribution in [-0.2, 0) is 4.79 Å². The normalized spacial score (nSPS) is 29.8. The standard InChI is InChI=1S/C21H31FO2P2/c1-13-3-2-4-14(6-5-13)15-7-9-16(10-8-15)21(23)24-17-11-18(22)20(26)19(25)12-17/h11-16H,2-10,25-26H2,1H3. The lowest BCUT2D eigenvalue weighted by molar-refractivity contribution is -0.140. The second kappa shape index (κ2) is 9.11. The van der Waals surface area contributed by atoms with E-state index in [1.165, 1.54) is 38.2 Å². The molecule has 144 valence electrons. The van der Waals surface area contributed by atoms with Gasteiger partial charge in [0.05, 0.1) is 5.92 Å². The van der Waals surface area contributed by atoms with Crippen molar-refractivity contribution >= 4 is 35.1 Å². The van der Waals surface area contributed by atoms with Crippen LogP contribution in [0, 0.1) is 29.5 Å². The second-order valence-electron chi connectivity index (χ2n) is 8.31. The molecule has 0 bridgehead atoms. The highest BCUT2D eigenvalue weighted by Gasteiger charge is 2.32. The third-order valence-electron chi connectivity index (χ3n) is 6.43. The van der Waals surface area contributed by atoms with Crippen LogP contribution < -0.4 is 15.3 Å². The van der Waals surface area contributed by atoms with E-state index in [9.17, 15) is 9.18 Å². The van der Waals surface area contributed by atoms with Crippen molar-refractivity contribution in [1.82, 2.24) is 0 Å². The topological polar surface area (TPSA) is 26.3 Å². The number of carbonyl (C=O) groups excluding carboxylic acids is 1. The van der Waals surface area contributed by atoms with E-state index in [4.69, 9.17) is 4.74 Å². The predicted molar refractivity (Wildman–Crippen MR) is 112 cm³/mol. The molecule has 3 rings (SSSR count). The van der Waals surface area contributed by atoms with Crippen LogP contribution in [0.2, 0.25) is 0 Å². The van der Waals surface area contributed by atoms with E-state index < -0.39 is 0 Å². The summed E-state index contributed by atoms with van der Waals surface area (Å²) in [7, 11) is 4.84. The summed E-state index contributed by atoms with van der Waals surface area (Å²) in [6.45, 7) is 2.38. The summed E-state index contributed by atoms with van der Waals surface area (Å²) < 4.78 is 19.3. The first-order valence-electron chi connectivity index (χ1n) is 10.00. The molecule has 2 aliphatic carbocycles. The largest absolute Gasteiger partial charge is 0.426 e. The highest BCUT2D eigenvalue weighted by molar-refractivity contribution is 7.35. The van der Waals surface area contributed by atoms with Gasteiger partial charge in [-0.25, -0.2) is 4.39 Å². The van der Waals surface area contributed by atoms with E-state index in [2.05, 4.69) is 25.4 Å². The van der Waals surface area contributed by atoms with Gasteiger partial charge in [-0.2, -0.15) is 0 Å². The first kappa shape index (κ1) is 20.2. The Morgan fingerprint density at radius 1 is 1.00 bits per heavy atom. The Bertz CT molecular complexity index is 618. The number of esters is 1. The zero-order valence-corrected chi connectivity index (χ0v) is 18.0. The molecule has 1 aromatic rings. The van der Waals surface area contributed by atoms with Crippen LogP contribution in [0.5, 0.6) is 5.75 Å². The minimum Gasteiger partial charge on any atom is -0.426 e. The predicted octanol–water partition coefficient (Wildman–Crippen LogP) is 4.75. The van der Waals surface area contributed by atoms with Gasteiger partial charge in [-0.3, -0.25) is 4.79 Å². The molecule has 4 unspecified atom stereocenters. The summed E-state index contributed by atoms with van der Waals surface area (Å²) >= 11 is 0. The van der Waals surface area contributed by atoms with Crippen molar-refractivity contribution in [1.29, 1.82) is 0 Å². The number of hydrogen-bond donors (Lipinski definition) is 0. The number of ether oxygens (including phenoxy) is 1. The van der Waals surface area contributed by atoms with Crippen LogP contribution in [0.3, 0.4) is 0 Å². The summed E-state index contributed by atoms with van der Waals surface area (Å²) in [6.07, 6.45) is 10.9. The van der Waals surface area contributed by atoms with Crippen LogP contribution in [0.15, 0.2) is 12.1 Å². The van der Waals surface area contributed by atoms with Gasteiger partial charge in [0.15, 0.2) is 0 Å². The molecular weight excluding hydrogens is 365 g/mol. The Morgan fingerprint density at radius 2 is 1.65 bits per heavy atom. The number of halogens is 1. The zero-order valence-electron chi connectivity index (χ0n) is 15.7. The van der Waals surface area contributed by atoms with Crippen molar-refractivity contribution in [3.8, 4) is 5.75 Å². The molecule has 1 aromatic carbocycles. The van der Waals surface area contributed by atoms with Gasteiger partial charge < -0.3 is 4.74 Å². The molecule has 2 nitrogen and oxygen atoms in total. The van der Waals surface area contributed by atoms with Crippen LogP contribution in [-0.4, -0.2) is 5.97 Å². The Morgan fingerprint density at radius 3 is 2.35 bits per heavy atom. The summed E-state index contributed by atoms with van der Waals surface area (Å²) in [6, 6.07) is 3.00. The van der Waals surface area contributed by atoms with Crippen LogP contribution in [0.1, 0.15) is 64.7 Å². The fourth-order valence-electron chi connectivity index (χ4n) is 4.69. The van der Waals surface area contributed by atoms with Crippen molar-refractivity contribution in [2.45, 2.75) is 64.7 Å². The highest BCUT2D eigenvalue weighted by Crippen LogP contribution is 2.40. The fourth-order valence-corrected chi connectivity index (χ4v) is 5.15. The molecule has 0 N–H and O–H groups in total. The van der Waals surface area contributed by atoms with Gasteiger partial charge in [-0.1, -0.05) is 32.6 Å². The molecular formula is C21H31FO2P2. The van der Waals surface area contributed by atoms with Crippen molar-refractivity contribution in [2.75, 3.05) is 0 Å². The van der Waals surface area contributed by atoms with Crippen LogP contribution in [0.25, 0.3) is 0 Å². The lowest BCUT2D eigenvalue weighted by Crippen LogP contribution is -2.29. The molecule has 0 spiro atoms. The van der Waals surface area contributed by atoms with Gasteiger partial charge in [0.2, 0.25) is 0 Å². The van der Waals surface area contributed by atoms with Gasteiger partial charge in [0.1, 0.15) is 11.6 Å². The van der Waals surface area contributed by atoms with E-state index in [1.54, 1.807) is 6.07 Å². The van der Waals surface area contributed by atoms with E-state index in [1.807, 2.05) is 0 Å². The average Bonchev–Trinajstić information content (AvgIpc) is 2.84. The molecule has 5 heteroatoms. The SMILES string of the molecule is CC1CCCC(C2CCC(C(=O)Oc3cc(F)c(P)c(P)c3)CC2)CC1. The Balaban J connectivity index is 1.52. The third kappa shape index (κ3) is 5.05. The molecule has 2 aliphatic rings. The van der Waals surface area contributed by atoms with Crippen molar-refractivity contribution in [3.05, 3.63) is 17.9 Å². The van der Waals surface area contributed by atoms with E-state index in [0.717, 1.165) is 43.4 Å². The van der Waals surface area contributed by atoms with Gasteiger partial charge in [0.25, 0.3) is 0 Å². The summed E-state index contributed by atoms with van der Waals surface area (Å²) in [5.74, 6) is 2.21. The summed E-state index contributed by atoms with van der Waals surface area (Å²) in [5.41, 5.74) is 0. The van der Waals surface area contributed by atoms with Crippen molar-refractivity contribution in [2.24, 2.45) is 23.7 Å². The summed E-state index contributed by atoms with van der Waals surface area (Å²) in [5, 5.41) is 1.19. The monoisotopic (exact) mass is 396 g/mol. The van der Waals surface area contributed by atoms with Gasteiger partial charge >= 0.3 is 5.97 Å². The molecule has 0 heterocycles. The third-order valence-corrected chi connectivity index (χ3v) is 7.85. The molecule has 0 aromatic heterocycles. The average molecular weight is 396 g/mol. The molecule has 4 atom stereocenters. The van der Waals surface area contributed by atoms with Crippen molar-refractivity contribution in [3.63, 3.8) is 0 Å². The molecule has 0 aliphatic heterocycles. The molecule has 0 saturated heterocycles. The summed E-state index contributed by atoms with van der Waals surface area (Å²) in [4.78, 5) is 12.5. The molecule has 0 amide bonds. The first-order valence-corrected chi connectivity index (χ1v) is 11.2. The number of carbonyl (C=O) groups is 1. The van der Waals surface area contributed by atoms with E-state index in [-0.39, 0.29) is 17.7 Å². The molecule has 2 fully saturated rings. The minimum absolute atomic E-state index is 0.0392. The molecule has 2 saturated carbocycles. The first-order chi connectivity index (χ1) is 12.4. The Kier molecular flexibility index (Phi) is 7.09. The van der Waals surface area contributed by atoms with Gasteiger partial charge in [-0.15, -0.1) is 18.5 Å². The highest BCUT2D eigenvalue weighted by atomic mass is 31.0. The Labute approximate surface area is 161 Å². The van der Waals surface area contributed by atoms with E-state index in [0.29, 0.717) is 16.4 Å². The maximum atomic E-state index is 13.8.